The Labute approximate surface area is 183 Å². The number of amides is 2. The van der Waals surface area contributed by atoms with Crippen molar-refractivity contribution in [3.8, 4) is 5.75 Å². The Balaban J connectivity index is 1.37. The zero-order valence-electron chi connectivity index (χ0n) is 18.2. The molecular weight excluding hydrogens is 397 g/mol. The lowest BCUT2D eigenvalue weighted by Gasteiger charge is -2.29. The number of hydrogen-bond donors (Lipinski definition) is 0. The number of nitrogens with zero attached hydrogens (tertiary/aromatic N) is 3. The first-order valence-corrected chi connectivity index (χ1v) is 10.9. The molecular formula is C24H30FN3O3. The van der Waals surface area contributed by atoms with Crippen LogP contribution in [-0.2, 0) is 11.3 Å². The van der Waals surface area contributed by atoms with Crippen molar-refractivity contribution in [3.63, 3.8) is 0 Å². The molecule has 4 rings (SSSR count). The van der Waals surface area contributed by atoms with Crippen molar-refractivity contribution >= 4 is 17.4 Å². The van der Waals surface area contributed by atoms with Crippen LogP contribution >= 0.6 is 0 Å². The molecule has 1 atom stereocenters. The number of halogens is 1. The van der Waals surface area contributed by atoms with Crippen molar-refractivity contribution in [2.45, 2.75) is 32.4 Å². The van der Waals surface area contributed by atoms with Gasteiger partial charge in [0, 0.05) is 56.2 Å². The van der Waals surface area contributed by atoms with Crippen LogP contribution in [0.2, 0.25) is 0 Å². The SMILES string of the molecule is CC1CCCN1C(=O)N(C)c1ccc(COc2cc(F)cc(N3CCOCC3)c2)cc1. The Kier molecular flexibility index (Phi) is 6.61. The van der Waals surface area contributed by atoms with Crippen LogP contribution in [0.25, 0.3) is 0 Å². The number of anilines is 2. The van der Waals surface area contributed by atoms with Crippen molar-refractivity contribution in [2.75, 3.05) is 49.7 Å². The fraction of sp³-hybridized carbons (Fsp3) is 0.458. The number of urea groups is 1. The van der Waals surface area contributed by atoms with Gasteiger partial charge in [-0.15, -0.1) is 0 Å². The number of morpholine rings is 1. The standard InChI is InChI=1S/C24H30FN3O3/c1-18-4-3-9-28(18)24(29)26(2)21-7-5-19(6-8-21)17-31-23-15-20(25)14-22(16-23)27-10-12-30-13-11-27/h5-8,14-16,18H,3-4,9-13,17H2,1-2H3. The molecule has 1 unspecified atom stereocenters. The highest BCUT2D eigenvalue weighted by Crippen LogP contribution is 2.26. The fourth-order valence-corrected chi connectivity index (χ4v) is 4.14. The third kappa shape index (κ3) is 5.10. The van der Waals surface area contributed by atoms with E-state index < -0.39 is 0 Å². The van der Waals surface area contributed by atoms with Crippen LogP contribution in [0.5, 0.6) is 5.75 Å². The second-order valence-corrected chi connectivity index (χ2v) is 8.23. The highest BCUT2D eigenvalue weighted by Gasteiger charge is 2.27. The molecule has 0 bridgehead atoms. The van der Waals surface area contributed by atoms with E-state index >= 15 is 0 Å². The van der Waals surface area contributed by atoms with Crippen molar-refractivity contribution in [3.05, 3.63) is 53.8 Å². The summed E-state index contributed by atoms with van der Waals surface area (Å²) in [6, 6.07) is 12.8. The first kappa shape index (κ1) is 21.4. The molecule has 2 aromatic rings. The van der Waals surface area contributed by atoms with E-state index in [1.165, 1.54) is 12.1 Å². The lowest BCUT2D eigenvalue weighted by molar-refractivity contribution is 0.122. The van der Waals surface area contributed by atoms with Crippen molar-refractivity contribution < 1.29 is 18.7 Å². The van der Waals surface area contributed by atoms with E-state index in [4.69, 9.17) is 9.47 Å². The minimum Gasteiger partial charge on any atom is -0.489 e. The molecule has 2 aliphatic rings. The summed E-state index contributed by atoms with van der Waals surface area (Å²) in [6.07, 6.45) is 2.12. The summed E-state index contributed by atoms with van der Waals surface area (Å²) in [6.45, 7) is 6.01. The van der Waals surface area contributed by atoms with Crippen LogP contribution in [0.1, 0.15) is 25.3 Å². The van der Waals surface area contributed by atoms with E-state index in [2.05, 4.69) is 11.8 Å². The molecule has 7 heteroatoms. The zero-order valence-corrected chi connectivity index (χ0v) is 18.2. The van der Waals surface area contributed by atoms with Crippen LogP contribution in [0.4, 0.5) is 20.6 Å². The smallest absolute Gasteiger partial charge is 0.324 e. The maximum Gasteiger partial charge on any atom is 0.324 e. The molecule has 2 aromatic carbocycles. The van der Waals surface area contributed by atoms with Crippen molar-refractivity contribution in [2.24, 2.45) is 0 Å². The predicted molar refractivity (Wildman–Crippen MR) is 119 cm³/mol. The van der Waals surface area contributed by atoms with Gasteiger partial charge in [0.15, 0.2) is 0 Å². The molecule has 2 amide bonds. The monoisotopic (exact) mass is 427 g/mol. The first-order chi connectivity index (χ1) is 15.0. The molecule has 166 valence electrons. The molecule has 2 saturated heterocycles. The molecule has 0 aromatic heterocycles. The van der Waals surface area contributed by atoms with E-state index in [0.29, 0.717) is 25.6 Å². The topological polar surface area (TPSA) is 45.2 Å². The van der Waals surface area contributed by atoms with Crippen LogP contribution in [0.15, 0.2) is 42.5 Å². The van der Waals surface area contributed by atoms with Gasteiger partial charge in [0.1, 0.15) is 18.2 Å². The maximum absolute atomic E-state index is 14.1. The highest BCUT2D eigenvalue weighted by molar-refractivity contribution is 5.91. The van der Waals surface area contributed by atoms with Gasteiger partial charge in [-0.05, 0) is 43.5 Å². The number of benzene rings is 2. The van der Waals surface area contributed by atoms with Gasteiger partial charge in [-0.25, -0.2) is 9.18 Å². The Morgan fingerprint density at radius 3 is 2.58 bits per heavy atom. The van der Waals surface area contributed by atoms with Crippen LogP contribution < -0.4 is 14.5 Å². The molecule has 31 heavy (non-hydrogen) atoms. The number of ether oxygens (including phenoxy) is 2. The van der Waals surface area contributed by atoms with E-state index in [1.54, 1.807) is 11.9 Å². The summed E-state index contributed by atoms with van der Waals surface area (Å²) in [4.78, 5) is 18.4. The Morgan fingerprint density at radius 1 is 1.16 bits per heavy atom. The molecule has 6 nitrogen and oxygen atoms in total. The lowest BCUT2D eigenvalue weighted by Crippen LogP contribution is -2.42. The largest absolute Gasteiger partial charge is 0.489 e. The number of hydrogen-bond acceptors (Lipinski definition) is 4. The fourth-order valence-electron chi connectivity index (χ4n) is 4.14. The van der Waals surface area contributed by atoms with E-state index in [9.17, 15) is 9.18 Å². The van der Waals surface area contributed by atoms with Gasteiger partial charge >= 0.3 is 6.03 Å². The maximum atomic E-state index is 14.1. The molecule has 0 radical (unpaired) electrons. The summed E-state index contributed by atoms with van der Waals surface area (Å²) in [5.74, 6) is 0.187. The summed E-state index contributed by atoms with van der Waals surface area (Å²) in [5, 5.41) is 0. The van der Waals surface area contributed by atoms with Crippen molar-refractivity contribution in [1.82, 2.24) is 4.90 Å². The van der Waals surface area contributed by atoms with Gasteiger partial charge in [0.25, 0.3) is 0 Å². The second-order valence-electron chi connectivity index (χ2n) is 8.23. The minimum atomic E-state index is -0.314. The molecule has 0 aliphatic carbocycles. The van der Waals surface area contributed by atoms with E-state index in [1.807, 2.05) is 35.2 Å². The third-order valence-corrected chi connectivity index (χ3v) is 6.05. The van der Waals surface area contributed by atoms with E-state index in [0.717, 1.165) is 49.4 Å². The zero-order chi connectivity index (χ0) is 21.8. The van der Waals surface area contributed by atoms with Crippen LogP contribution in [-0.4, -0.2) is 56.9 Å². The summed E-state index contributed by atoms with van der Waals surface area (Å²) in [7, 11) is 1.80. The predicted octanol–water partition coefficient (Wildman–Crippen LogP) is 4.28. The average molecular weight is 428 g/mol. The van der Waals surface area contributed by atoms with Crippen molar-refractivity contribution in [1.29, 1.82) is 0 Å². The average Bonchev–Trinajstić information content (AvgIpc) is 3.23. The Hall–Kier alpha value is -2.80. The van der Waals surface area contributed by atoms with Gasteiger partial charge in [-0.1, -0.05) is 12.1 Å². The number of rotatable bonds is 5. The second kappa shape index (κ2) is 9.56. The minimum absolute atomic E-state index is 0.0319. The molecule has 0 N–H and O–H groups in total. The third-order valence-electron chi connectivity index (χ3n) is 6.05. The normalized spacial score (nSPS) is 18.9. The van der Waals surface area contributed by atoms with Gasteiger partial charge in [-0.3, -0.25) is 4.90 Å². The van der Waals surface area contributed by atoms with Gasteiger partial charge in [0.05, 0.1) is 13.2 Å². The molecule has 0 spiro atoms. The lowest BCUT2D eigenvalue weighted by atomic mass is 10.2. The van der Waals surface area contributed by atoms with Gasteiger partial charge in [0.2, 0.25) is 0 Å². The van der Waals surface area contributed by atoms with Crippen LogP contribution in [0.3, 0.4) is 0 Å². The summed E-state index contributed by atoms with van der Waals surface area (Å²) in [5.41, 5.74) is 2.61. The summed E-state index contributed by atoms with van der Waals surface area (Å²) >= 11 is 0. The number of likely N-dealkylation sites (tertiary alicyclic amines) is 1. The highest BCUT2D eigenvalue weighted by atomic mass is 19.1. The molecule has 2 heterocycles. The Bertz CT molecular complexity index is 899. The van der Waals surface area contributed by atoms with Gasteiger partial charge < -0.3 is 19.3 Å². The molecule has 2 aliphatic heterocycles. The Morgan fingerprint density at radius 2 is 1.90 bits per heavy atom. The first-order valence-electron chi connectivity index (χ1n) is 10.9. The molecule has 0 saturated carbocycles. The molecule has 2 fully saturated rings. The van der Waals surface area contributed by atoms with E-state index in [-0.39, 0.29) is 17.9 Å². The van der Waals surface area contributed by atoms with Crippen LogP contribution in [0, 0.1) is 5.82 Å². The quantitative estimate of drug-likeness (QED) is 0.715. The van der Waals surface area contributed by atoms with Gasteiger partial charge in [-0.2, -0.15) is 0 Å². The number of carbonyl (C=O) groups is 1. The summed E-state index contributed by atoms with van der Waals surface area (Å²) < 4.78 is 25.3. The number of carbonyl (C=O) groups excluding carboxylic acids is 1.